The highest BCUT2D eigenvalue weighted by Crippen LogP contribution is 2.69. The van der Waals surface area contributed by atoms with Crippen LogP contribution in [0, 0.1) is 22.7 Å². The van der Waals surface area contributed by atoms with Crippen LogP contribution in [-0.2, 0) is 61.9 Å². The van der Waals surface area contributed by atoms with Crippen LogP contribution in [0.2, 0.25) is 0 Å². The van der Waals surface area contributed by atoms with Crippen LogP contribution in [0.3, 0.4) is 0 Å². The molecule has 3 heterocycles. The summed E-state index contributed by atoms with van der Waals surface area (Å²) in [6.07, 6.45) is -0.0391. The Hall–Kier alpha value is -3.49. The predicted octanol–water partition coefficient (Wildman–Crippen LogP) is 2.04. The zero-order valence-corrected chi connectivity index (χ0v) is 27.9. The van der Waals surface area contributed by atoms with Crippen molar-refractivity contribution in [3.63, 3.8) is 0 Å². The van der Waals surface area contributed by atoms with Crippen molar-refractivity contribution in [2.24, 2.45) is 22.7 Å². The molecule has 5 rings (SSSR count). The van der Waals surface area contributed by atoms with Gasteiger partial charge < -0.3 is 43.0 Å². The Labute approximate surface area is 273 Å². The number of fused-ring (bicyclic) bond motifs is 3. The van der Waals surface area contributed by atoms with Gasteiger partial charge in [-0.05, 0) is 51.7 Å². The smallest absolute Gasteiger partial charge is 0.354 e. The van der Waals surface area contributed by atoms with Crippen LogP contribution in [0.1, 0.15) is 68.2 Å². The Morgan fingerprint density at radius 3 is 2.28 bits per heavy atom. The SMILES string of the molecule is CC(=O)OC[C@@]12[C@@H](OC(C)=O)C=C(C)[C@](C)([C@@H]3C[C@H]4C=CO[C@H]4O3)[C@H]1C[C@@H](O)[C@H](OC(=O)[C@](C)(OC(C)=O)[C@H](C)OC(C)=O)[C@]21CO1. The van der Waals surface area contributed by atoms with Crippen molar-refractivity contribution < 1.29 is 67.0 Å². The highest BCUT2D eigenvalue weighted by Gasteiger charge is 2.81. The molecule has 3 fully saturated rings. The molecule has 0 radical (unpaired) electrons. The Morgan fingerprint density at radius 2 is 1.72 bits per heavy atom. The van der Waals surface area contributed by atoms with Crippen LogP contribution in [0.15, 0.2) is 24.0 Å². The minimum atomic E-state index is -2.11. The van der Waals surface area contributed by atoms with Crippen molar-refractivity contribution in [1.29, 1.82) is 0 Å². The summed E-state index contributed by atoms with van der Waals surface area (Å²) in [5.41, 5.74) is -5.03. The van der Waals surface area contributed by atoms with E-state index in [2.05, 4.69) is 0 Å². The van der Waals surface area contributed by atoms with Gasteiger partial charge in [0.2, 0.25) is 11.9 Å². The van der Waals surface area contributed by atoms with Gasteiger partial charge in [-0.15, -0.1) is 0 Å². The normalized spacial score (nSPS) is 40.0. The van der Waals surface area contributed by atoms with Crippen LogP contribution in [0.5, 0.6) is 0 Å². The number of hydrogen-bond acceptors (Lipinski definition) is 14. The lowest BCUT2D eigenvalue weighted by molar-refractivity contribution is -0.254. The maximum Gasteiger partial charge on any atom is 0.354 e. The summed E-state index contributed by atoms with van der Waals surface area (Å²) in [4.78, 5) is 62.9. The van der Waals surface area contributed by atoms with Crippen LogP contribution < -0.4 is 0 Å². The summed E-state index contributed by atoms with van der Waals surface area (Å²) in [5.74, 6) is -4.48. The first kappa shape index (κ1) is 34.8. The molecule has 3 aliphatic heterocycles. The third-order valence-corrected chi connectivity index (χ3v) is 10.9. The van der Waals surface area contributed by atoms with E-state index in [9.17, 15) is 29.1 Å². The van der Waals surface area contributed by atoms with E-state index in [0.29, 0.717) is 6.42 Å². The average molecular weight is 665 g/mol. The Bertz CT molecular complexity index is 1380. The fraction of sp³-hybridized carbons (Fsp3) is 0.727. The van der Waals surface area contributed by atoms with Crippen LogP contribution in [0.25, 0.3) is 0 Å². The summed E-state index contributed by atoms with van der Waals surface area (Å²) < 4.78 is 46.6. The average Bonchev–Trinajstić information content (AvgIpc) is 3.44. The number of epoxide rings is 1. The van der Waals surface area contributed by atoms with E-state index in [1.807, 2.05) is 19.9 Å². The summed E-state index contributed by atoms with van der Waals surface area (Å²) in [7, 11) is 0. The molecule has 47 heavy (non-hydrogen) atoms. The van der Waals surface area contributed by atoms with E-state index in [1.54, 1.807) is 12.3 Å². The quantitative estimate of drug-likeness (QED) is 0.164. The zero-order chi connectivity index (χ0) is 34.7. The molecule has 1 spiro atoms. The minimum Gasteiger partial charge on any atom is -0.472 e. The highest BCUT2D eigenvalue weighted by atomic mass is 16.7. The molecular weight excluding hydrogens is 620 g/mol. The maximum absolute atomic E-state index is 14.0. The van der Waals surface area contributed by atoms with Gasteiger partial charge in [-0.25, -0.2) is 4.79 Å². The Balaban J connectivity index is 1.62. The molecule has 0 amide bonds. The van der Waals surface area contributed by atoms with Gasteiger partial charge in [0.25, 0.3) is 0 Å². The number of esters is 5. The lowest BCUT2D eigenvalue weighted by atomic mass is 9.44. The Morgan fingerprint density at radius 1 is 1.04 bits per heavy atom. The third-order valence-electron chi connectivity index (χ3n) is 10.9. The molecule has 12 atom stereocenters. The number of aliphatic hydroxyl groups excluding tert-OH is 1. The van der Waals surface area contributed by atoms with Gasteiger partial charge in [-0.2, -0.15) is 0 Å². The standard InChI is InChI=1S/C33H44O14/c1-16-11-26(44-20(5)36)32(14-41-18(3)34)24(30(16,7)25-12-22-9-10-40-28(22)45-25)13-23(38)27(33(32)15-42-33)46-29(39)31(8,47-21(6)37)17(2)43-19(4)35/h9-11,17,22-28,38H,12-15H2,1-8H3/t17-,22+,23+,24+,25-,26-,27-,28-,30-,31+,32-,33+/m0/s1. The van der Waals surface area contributed by atoms with Crippen molar-refractivity contribution in [2.45, 2.75) is 116 Å². The Kier molecular flexibility index (Phi) is 9.04. The first-order valence-corrected chi connectivity index (χ1v) is 15.8. The number of rotatable bonds is 9. The largest absolute Gasteiger partial charge is 0.472 e. The molecular formula is C33H44O14. The highest BCUT2D eigenvalue weighted by molar-refractivity contribution is 5.84. The first-order chi connectivity index (χ1) is 21.9. The van der Waals surface area contributed by atoms with Crippen molar-refractivity contribution in [2.75, 3.05) is 13.2 Å². The molecule has 0 aromatic carbocycles. The summed E-state index contributed by atoms with van der Waals surface area (Å²) in [6, 6.07) is 0. The van der Waals surface area contributed by atoms with Gasteiger partial charge in [0, 0.05) is 39.0 Å². The van der Waals surface area contributed by atoms with E-state index in [4.69, 9.17) is 37.9 Å². The van der Waals surface area contributed by atoms with Gasteiger partial charge >= 0.3 is 29.8 Å². The topological polar surface area (TPSA) is 183 Å². The molecule has 0 aromatic rings. The van der Waals surface area contributed by atoms with Gasteiger partial charge in [0.1, 0.15) is 24.4 Å². The fourth-order valence-electron chi connectivity index (χ4n) is 8.27. The monoisotopic (exact) mass is 664 g/mol. The number of carbonyl (C=O) groups is 5. The number of carbonyl (C=O) groups excluding carboxylic acids is 5. The molecule has 260 valence electrons. The fourth-order valence-corrected chi connectivity index (χ4v) is 8.27. The molecule has 1 saturated carbocycles. The van der Waals surface area contributed by atoms with Gasteiger partial charge in [-0.3, -0.25) is 19.2 Å². The molecule has 2 saturated heterocycles. The number of hydrogen-bond donors (Lipinski definition) is 1. The van der Waals surface area contributed by atoms with E-state index < -0.39 is 94.6 Å². The molecule has 0 bridgehead atoms. The van der Waals surface area contributed by atoms with Gasteiger partial charge in [-0.1, -0.05) is 12.5 Å². The number of ether oxygens (including phenoxy) is 8. The van der Waals surface area contributed by atoms with E-state index in [1.165, 1.54) is 27.7 Å². The second-order valence-corrected chi connectivity index (χ2v) is 13.7. The van der Waals surface area contributed by atoms with Crippen molar-refractivity contribution >= 4 is 29.8 Å². The molecule has 5 aliphatic rings. The van der Waals surface area contributed by atoms with E-state index in [-0.39, 0.29) is 25.6 Å². The molecule has 0 aromatic heterocycles. The van der Waals surface area contributed by atoms with Crippen molar-refractivity contribution in [3.8, 4) is 0 Å². The molecule has 0 unspecified atom stereocenters. The molecule has 2 aliphatic carbocycles. The van der Waals surface area contributed by atoms with Crippen LogP contribution in [0.4, 0.5) is 0 Å². The van der Waals surface area contributed by atoms with Gasteiger partial charge in [0.05, 0.1) is 30.5 Å². The number of aliphatic hydroxyl groups is 1. The lowest BCUT2D eigenvalue weighted by Crippen LogP contribution is -2.73. The van der Waals surface area contributed by atoms with Crippen molar-refractivity contribution in [1.82, 2.24) is 0 Å². The second kappa shape index (κ2) is 12.2. The molecule has 1 N–H and O–H groups in total. The maximum atomic E-state index is 14.0. The predicted molar refractivity (Wildman–Crippen MR) is 158 cm³/mol. The molecule has 14 nitrogen and oxygen atoms in total. The minimum absolute atomic E-state index is 0.00482. The lowest BCUT2D eigenvalue weighted by Gasteiger charge is -2.62. The van der Waals surface area contributed by atoms with E-state index in [0.717, 1.165) is 19.4 Å². The zero-order valence-electron chi connectivity index (χ0n) is 27.9. The third kappa shape index (κ3) is 5.61. The van der Waals surface area contributed by atoms with Crippen LogP contribution in [-0.4, -0.2) is 96.2 Å². The second-order valence-electron chi connectivity index (χ2n) is 13.7. The summed E-state index contributed by atoms with van der Waals surface area (Å²) in [6.45, 7) is 10.9. The molecule has 14 heteroatoms. The van der Waals surface area contributed by atoms with E-state index >= 15 is 0 Å². The van der Waals surface area contributed by atoms with Crippen LogP contribution >= 0.6 is 0 Å². The van der Waals surface area contributed by atoms with Gasteiger partial charge in [0.15, 0.2) is 6.10 Å². The first-order valence-electron chi connectivity index (χ1n) is 15.8. The summed E-state index contributed by atoms with van der Waals surface area (Å²) >= 11 is 0. The van der Waals surface area contributed by atoms with Crippen molar-refractivity contribution in [3.05, 3.63) is 24.0 Å². The summed E-state index contributed by atoms with van der Waals surface area (Å²) in [5, 5.41) is 11.9.